The zero-order chi connectivity index (χ0) is 13.5. The third-order valence-corrected chi connectivity index (χ3v) is 4.25. The molecule has 2 atom stereocenters. The molecule has 3 aliphatic rings. The molecule has 0 aromatic carbocycles. The lowest BCUT2D eigenvalue weighted by Gasteiger charge is -2.55. The average molecular weight is 250 g/mol. The Hall–Kier alpha value is -1.45. The minimum Gasteiger partial charge on any atom is -0.460 e. The molecule has 4 nitrogen and oxygen atoms in total. The number of carbonyl (C=O) groups excluding carboxylic acids is 3. The van der Waals surface area contributed by atoms with Gasteiger partial charge in [0.1, 0.15) is 0 Å². The van der Waals surface area contributed by atoms with Crippen molar-refractivity contribution >= 4 is 17.5 Å². The van der Waals surface area contributed by atoms with Crippen molar-refractivity contribution in [2.45, 2.75) is 33.6 Å². The highest BCUT2D eigenvalue weighted by molar-refractivity contribution is 6.34. The molecule has 0 saturated heterocycles. The molecule has 0 spiro atoms. The maximum atomic E-state index is 11.8. The summed E-state index contributed by atoms with van der Waals surface area (Å²) in [6.45, 7) is 5.95. The predicted octanol–water partition coefficient (Wildman–Crippen LogP) is 1.68. The number of Topliss-reactive ketones (excluding diaryl/α,β-unsaturated/α-hetero) is 1. The number of rotatable bonds is 4. The van der Waals surface area contributed by atoms with Gasteiger partial charge in [0.25, 0.3) is 0 Å². The molecule has 18 heavy (non-hydrogen) atoms. The Balaban J connectivity index is 2.09. The average Bonchev–Trinajstić information content (AvgIpc) is 2.27. The van der Waals surface area contributed by atoms with Gasteiger partial charge in [0.2, 0.25) is 5.78 Å². The van der Waals surface area contributed by atoms with Crippen molar-refractivity contribution in [2.75, 3.05) is 6.61 Å². The summed E-state index contributed by atoms with van der Waals surface area (Å²) >= 11 is 0. The van der Waals surface area contributed by atoms with Crippen LogP contribution >= 0.6 is 0 Å². The quantitative estimate of drug-likeness (QED) is 0.562. The molecule has 0 aromatic rings. The van der Waals surface area contributed by atoms with Crippen LogP contribution in [-0.4, -0.2) is 24.1 Å². The summed E-state index contributed by atoms with van der Waals surface area (Å²) in [4.78, 5) is 34.8. The van der Waals surface area contributed by atoms with Gasteiger partial charge >= 0.3 is 5.97 Å². The normalized spacial score (nSPS) is 28.2. The van der Waals surface area contributed by atoms with Crippen molar-refractivity contribution in [1.82, 2.24) is 0 Å². The predicted molar refractivity (Wildman–Crippen MR) is 64.7 cm³/mol. The van der Waals surface area contributed by atoms with Crippen molar-refractivity contribution in [3.63, 3.8) is 0 Å². The molecule has 98 valence electrons. The number of ether oxygens (including phenoxy) is 1. The fourth-order valence-corrected chi connectivity index (χ4v) is 3.06. The largest absolute Gasteiger partial charge is 0.460 e. The van der Waals surface area contributed by atoms with E-state index < -0.39 is 11.8 Å². The number of hydrogen-bond acceptors (Lipinski definition) is 4. The van der Waals surface area contributed by atoms with E-state index in [1.807, 2.05) is 13.8 Å². The maximum absolute atomic E-state index is 11.8. The van der Waals surface area contributed by atoms with Crippen LogP contribution < -0.4 is 0 Å². The SMILES string of the molecule is CCOC(=O)C(=O)CC1=CC(=O)[C@H]2C[C@H]1C2(C)C. The molecular formula is C14H18O4. The number of allylic oxidation sites excluding steroid dienone is 2. The van der Waals surface area contributed by atoms with E-state index in [0.29, 0.717) is 0 Å². The van der Waals surface area contributed by atoms with Gasteiger partial charge < -0.3 is 4.74 Å². The molecule has 0 N–H and O–H groups in total. The van der Waals surface area contributed by atoms with Crippen molar-refractivity contribution in [3.05, 3.63) is 11.6 Å². The molecular weight excluding hydrogens is 232 g/mol. The molecule has 0 unspecified atom stereocenters. The van der Waals surface area contributed by atoms with Crippen LogP contribution in [0.15, 0.2) is 11.6 Å². The molecule has 0 heterocycles. The zero-order valence-corrected chi connectivity index (χ0v) is 11.0. The lowest BCUT2D eigenvalue weighted by Crippen LogP contribution is -2.52. The summed E-state index contributed by atoms with van der Waals surface area (Å²) < 4.78 is 4.67. The van der Waals surface area contributed by atoms with E-state index in [4.69, 9.17) is 0 Å². The second-order valence-corrected chi connectivity index (χ2v) is 5.60. The third-order valence-electron chi connectivity index (χ3n) is 4.25. The summed E-state index contributed by atoms with van der Waals surface area (Å²) in [7, 11) is 0. The number of fused-ring (bicyclic) bond motifs is 1. The van der Waals surface area contributed by atoms with Crippen LogP contribution in [0.2, 0.25) is 0 Å². The van der Waals surface area contributed by atoms with Crippen LogP contribution in [0.5, 0.6) is 0 Å². The topological polar surface area (TPSA) is 60.4 Å². The van der Waals surface area contributed by atoms with Gasteiger partial charge in [-0.25, -0.2) is 4.79 Å². The van der Waals surface area contributed by atoms with Gasteiger partial charge in [-0.3, -0.25) is 9.59 Å². The van der Waals surface area contributed by atoms with Crippen molar-refractivity contribution in [2.24, 2.45) is 17.3 Å². The summed E-state index contributed by atoms with van der Waals surface area (Å²) in [5, 5.41) is 0. The molecule has 1 saturated carbocycles. The Bertz CT molecular complexity index is 445. The second kappa shape index (κ2) is 4.34. The Morgan fingerprint density at radius 2 is 2.06 bits per heavy atom. The first-order valence-corrected chi connectivity index (χ1v) is 6.32. The molecule has 1 fully saturated rings. The minimum absolute atomic E-state index is 0.0192. The highest BCUT2D eigenvalue weighted by Crippen LogP contribution is 2.58. The molecule has 0 radical (unpaired) electrons. The Morgan fingerprint density at radius 1 is 1.39 bits per heavy atom. The molecule has 3 rings (SSSR count). The number of ketones is 2. The lowest BCUT2D eigenvalue weighted by atomic mass is 9.48. The van der Waals surface area contributed by atoms with Crippen LogP contribution in [0.1, 0.15) is 33.6 Å². The van der Waals surface area contributed by atoms with Crippen LogP contribution in [0.25, 0.3) is 0 Å². The van der Waals surface area contributed by atoms with E-state index in [9.17, 15) is 14.4 Å². The van der Waals surface area contributed by atoms with Gasteiger partial charge in [-0.1, -0.05) is 19.4 Å². The summed E-state index contributed by atoms with van der Waals surface area (Å²) in [5.41, 5.74) is 0.724. The van der Waals surface area contributed by atoms with Crippen LogP contribution in [0, 0.1) is 17.3 Å². The van der Waals surface area contributed by atoms with E-state index in [1.54, 1.807) is 13.0 Å². The van der Waals surface area contributed by atoms with E-state index in [0.717, 1.165) is 12.0 Å². The fraction of sp³-hybridized carbons (Fsp3) is 0.643. The number of carbonyl (C=O) groups is 3. The second-order valence-electron chi connectivity index (χ2n) is 5.60. The lowest BCUT2D eigenvalue weighted by molar-refractivity contribution is -0.153. The summed E-state index contributed by atoms with van der Waals surface area (Å²) in [5.74, 6) is -0.932. The monoisotopic (exact) mass is 250 g/mol. The summed E-state index contributed by atoms with van der Waals surface area (Å²) in [6.07, 6.45) is 2.39. The van der Waals surface area contributed by atoms with E-state index >= 15 is 0 Å². The van der Waals surface area contributed by atoms with E-state index in [-0.39, 0.29) is 36.1 Å². The van der Waals surface area contributed by atoms with Gasteiger partial charge in [0.15, 0.2) is 5.78 Å². The third kappa shape index (κ3) is 1.89. The maximum Gasteiger partial charge on any atom is 0.374 e. The standard InChI is InChI=1S/C14H18O4/c1-4-18-13(17)12(16)6-8-5-11(15)10-7-9(8)14(10,2)3/h5,9-10H,4,6-7H2,1-3H3/t9-,10-/m1/s1. The first-order chi connectivity index (χ1) is 8.37. The van der Waals surface area contributed by atoms with Gasteiger partial charge in [-0.15, -0.1) is 0 Å². The Kier molecular flexibility index (Phi) is 3.13. The molecule has 0 amide bonds. The number of hydrogen-bond donors (Lipinski definition) is 0. The molecule has 0 aromatic heterocycles. The van der Waals surface area contributed by atoms with Gasteiger partial charge in [-0.2, -0.15) is 0 Å². The van der Waals surface area contributed by atoms with Crippen molar-refractivity contribution < 1.29 is 19.1 Å². The molecule has 2 bridgehead atoms. The molecule has 0 aliphatic heterocycles. The molecule has 4 heteroatoms. The highest BCUT2D eigenvalue weighted by Gasteiger charge is 2.55. The fourth-order valence-electron chi connectivity index (χ4n) is 3.06. The van der Waals surface area contributed by atoms with Crippen LogP contribution in [0.3, 0.4) is 0 Å². The Morgan fingerprint density at radius 3 is 2.56 bits per heavy atom. The Labute approximate surface area is 106 Å². The van der Waals surface area contributed by atoms with Gasteiger partial charge in [0.05, 0.1) is 6.61 Å². The highest BCUT2D eigenvalue weighted by atomic mass is 16.5. The van der Waals surface area contributed by atoms with E-state index in [2.05, 4.69) is 4.74 Å². The van der Waals surface area contributed by atoms with Crippen LogP contribution in [-0.2, 0) is 19.1 Å². The number of esters is 1. The van der Waals surface area contributed by atoms with Gasteiger partial charge in [0, 0.05) is 12.3 Å². The zero-order valence-electron chi connectivity index (χ0n) is 11.0. The molecule has 3 aliphatic carbocycles. The van der Waals surface area contributed by atoms with Gasteiger partial charge in [-0.05, 0) is 30.8 Å². The minimum atomic E-state index is -0.801. The van der Waals surface area contributed by atoms with Crippen molar-refractivity contribution in [1.29, 1.82) is 0 Å². The first-order valence-electron chi connectivity index (χ1n) is 6.32. The van der Waals surface area contributed by atoms with Crippen molar-refractivity contribution in [3.8, 4) is 0 Å². The summed E-state index contributed by atoms with van der Waals surface area (Å²) in [6, 6.07) is 0. The first kappa shape index (κ1) is 13.0. The smallest absolute Gasteiger partial charge is 0.374 e. The van der Waals surface area contributed by atoms with E-state index in [1.165, 1.54) is 0 Å². The van der Waals surface area contributed by atoms with Crippen LogP contribution in [0.4, 0.5) is 0 Å².